The van der Waals surface area contributed by atoms with Crippen LogP contribution >= 0.6 is 0 Å². The van der Waals surface area contributed by atoms with Crippen LogP contribution < -0.4 is 5.32 Å². The van der Waals surface area contributed by atoms with Crippen LogP contribution in [0, 0.1) is 17.3 Å². The van der Waals surface area contributed by atoms with Gasteiger partial charge in [-0.15, -0.1) is 0 Å². The number of rotatable bonds is 5. The summed E-state index contributed by atoms with van der Waals surface area (Å²) in [5, 5.41) is 3.62. The van der Waals surface area contributed by atoms with E-state index < -0.39 is 0 Å². The molecule has 2 nitrogen and oxygen atoms in total. The Morgan fingerprint density at radius 1 is 1.10 bits per heavy atom. The molecule has 0 aromatic carbocycles. The maximum absolute atomic E-state index is 3.62. The van der Waals surface area contributed by atoms with E-state index in [0.29, 0.717) is 5.41 Å². The SMILES string of the molecule is CCC1(CC)CCN(C2CC(C(C)C)CCC2NC)CC1. The van der Waals surface area contributed by atoms with Crippen LogP contribution in [0.15, 0.2) is 0 Å². The molecule has 21 heavy (non-hydrogen) atoms. The van der Waals surface area contributed by atoms with Crippen molar-refractivity contribution in [1.82, 2.24) is 10.2 Å². The minimum atomic E-state index is 0.651. The average molecular weight is 295 g/mol. The van der Waals surface area contributed by atoms with Crippen LogP contribution in [-0.4, -0.2) is 37.1 Å². The Kier molecular flexibility index (Phi) is 6.14. The number of nitrogens with zero attached hydrogens (tertiary/aromatic N) is 1. The lowest BCUT2D eigenvalue weighted by Gasteiger charge is -2.49. The molecule has 3 unspecified atom stereocenters. The largest absolute Gasteiger partial charge is 0.315 e. The lowest BCUT2D eigenvalue weighted by Crippen LogP contribution is -2.55. The van der Waals surface area contributed by atoms with Crippen LogP contribution in [-0.2, 0) is 0 Å². The number of piperidine rings is 1. The Hall–Kier alpha value is -0.0800. The highest BCUT2D eigenvalue weighted by atomic mass is 15.2. The van der Waals surface area contributed by atoms with Gasteiger partial charge >= 0.3 is 0 Å². The molecular weight excluding hydrogens is 256 g/mol. The molecule has 2 aliphatic rings. The number of nitrogens with one attached hydrogen (secondary N) is 1. The van der Waals surface area contributed by atoms with Gasteiger partial charge in [0.05, 0.1) is 0 Å². The second-order valence-corrected chi connectivity index (χ2v) is 8.02. The monoisotopic (exact) mass is 294 g/mol. The second-order valence-electron chi connectivity index (χ2n) is 8.02. The average Bonchev–Trinajstić information content (AvgIpc) is 2.54. The molecule has 0 bridgehead atoms. The van der Waals surface area contributed by atoms with Gasteiger partial charge in [0.1, 0.15) is 0 Å². The first-order valence-corrected chi connectivity index (χ1v) is 9.46. The van der Waals surface area contributed by atoms with E-state index in [1.54, 1.807) is 0 Å². The molecule has 1 heterocycles. The van der Waals surface area contributed by atoms with Crippen LogP contribution in [0.5, 0.6) is 0 Å². The lowest BCUT2D eigenvalue weighted by molar-refractivity contribution is 0.0246. The highest BCUT2D eigenvalue weighted by molar-refractivity contribution is 4.94. The highest BCUT2D eigenvalue weighted by Gasteiger charge is 2.38. The smallest absolute Gasteiger partial charge is 0.0251 e. The van der Waals surface area contributed by atoms with Crippen molar-refractivity contribution in [2.75, 3.05) is 20.1 Å². The molecule has 0 aromatic rings. The summed E-state index contributed by atoms with van der Waals surface area (Å²) in [7, 11) is 2.17. The summed E-state index contributed by atoms with van der Waals surface area (Å²) in [5.41, 5.74) is 0.651. The summed E-state index contributed by atoms with van der Waals surface area (Å²) in [6, 6.07) is 1.50. The molecule has 0 radical (unpaired) electrons. The predicted octanol–water partition coefficient (Wildman–Crippen LogP) is 4.30. The minimum absolute atomic E-state index is 0.651. The van der Waals surface area contributed by atoms with Gasteiger partial charge in [-0.05, 0) is 69.5 Å². The number of hydrogen-bond donors (Lipinski definition) is 1. The molecule has 1 N–H and O–H groups in total. The van der Waals surface area contributed by atoms with Crippen molar-refractivity contribution in [3.63, 3.8) is 0 Å². The van der Waals surface area contributed by atoms with Gasteiger partial charge in [0.2, 0.25) is 0 Å². The molecule has 2 rings (SSSR count). The van der Waals surface area contributed by atoms with E-state index in [1.807, 2.05) is 0 Å². The lowest BCUT2D eigenvalue weighted by atomic mass is 9.72. The van der Waals surface area contributed by atoms with Crippen LogP contribution in [0.3, 0.4) is 0 Å². The Morgan fingerprint density at radius 3 is 2.19 bits per heavy atom. The van der Waals surface area contributed by atoms with Crippen molar-refractivity contribution in [3.8, 4) is 0 Å². The van der Waals surface area contributed by atoms with Crippen LogP contribution in [0.2, 0.25) is 0 Å². The molecule has 1 saturated heterocycles. The molecule has 2 fully saturated rings. The highest BCUT2D eigenvalue weighted by Crippen LogP contribution is 2.40. The maximum Gasteiger partial charge on any atom is 0.0251 e. The molecule has 0 amide bonds. The van der Waals surface area contributed by atoms with Crippen LogP contribution in [0.1, 0.15) is 72.6 Å². The van der Waals surface area contributed by atoms with Crippen molar-refractivity contribution < 1.29 is 0 Å². The molecule has 3 atom stereocenters. The fraction of sp³-hybridized carbons (Fsp3) is 1.00. The van der Waals surface area contributed by atoms with E-state index in [-0.39, 0.29) is 0 Å². The van der Waals surface area contributed by atoms with Gasteiger partial charge in [0.15, 0.2) is 0 Å². The van der Waals surface area contributed by atoms with E-state index in [4.69, 9.17) is 0 Å². The fourth-order valence-electron chi connectivity index (χ4n) is 4.81. The van der Waals surface area contributed by atoms with Crippen molar-refractivity contribution in [2.45, 2.75) is 84.7 Å². The summed E-state index contributed by atoms with van der Waals surface area (Å²) in [4.78, 5) is 2.83. The van der Waals surface area contributed by atoms with E-state index in [2.05, 4.69) is 45.0 Å². The van der Waals surface area contributed by atoms with E-state index in [1.165, 1.54) is 58.0 Å². The summed E-state index contributed by atoms with van der Waals surface area (Å²) >= 11 is 0. The maximum atomic E-state index is 3.62. The Labute approximate surface area is 133 Å². The van der Waals surface area contributed by atoms with Crippen molar-refractivity contribution in [2.24, 2.45) is 17.3 Å². The standard InChI is InChI=1S/C19H38N2/c1-6-19(7-2)10-12-21(13-11-19)18-14-16(15(3)4)8-9-17(18)20-5/h15-18,20H,6-14H2,1-5H3. The molecule has 124 valence electrons. The van der Waals surface area contributed by atoms with Gasteiger partial charge in [-0.3, -0.25) is 4.90 Å². The van der Waals surface area contributed by atoms with Gasteiger partial charge < -0.3 is 5.32 Å². The zero-order valence-corrected chi connectivity index (χ0v) is 15.1. The zero-order chi connectivity index (χ0) is 15.5. The third-order valence-corrected chi connectivity index (χ3v) is 7.00. The normalized spacial score (nSPS) is 34.3. The molecule has 1 aliphatic carbocycles. The molecule has 0 spiro atoms. The summed E-state index contributed by atoms with van der Waals surface area (Å²) in [5.74, 6) is 1.78. The van der Waals surface area contributed by atoms with Crippen molar-refractivity contribution >= 4 is 0 Å². The topological polar surface area (TPSA) is 15.3 Å². The van der Waals surface area contributed by atoms with Gasteiger partial charge in [0.25, 0.3) is 0 Å². The quantitative estimate of drug-likeness (QED) is 0.813. The first-order valence-electron chi connectivity index (χ1n) is 9.46. The summed E-state index contributed by atoms with van der Waals surface area (Å²) < 4.78 is 0. The number of likely N-dealkylation sites (N-methyl/N-ethyl adjacent to an activating group) is 1. The Morgan fingerprint density at radius 2 is 1.71 bits per heavy atom. The van der Waals surface area contributed by atoms with E-state index in [9.17, 15) is 0 Å². The van der Waals surface area contributed by atoms with Crippen LogP contribution in [0.25, 0.3) is 0 Å². The van der Waals surface area contributed by atoms with Crippen molar-refractivity contribution in [3.05, 3.63) is 0 Å². The molecule has 1 aliphatic heterocycles. The van der Waals surface area contributed by atoms with E-state index in [0.717, 1.165) is 23.9 Å². The van der Waals surface area contributed by atoms with Crippen molar-refractivity contribution in [1.29, 1.82) is 0 Å². The number of hydrogen-bond acceptors (Lipinski definition) is 2. The van der Waals surface area contributed by atoms with Gasteiger partial charge in [-0.1, -0.05) is 40.5 Å². The molecular formula is C19H38N2. The zero-order valence-electron chi connectivity index (χ0n) is 15.1. The molecule has 1 saturated carbocycles. The summed E-state index contributed by atoms with van der Waals surface area (Å²) in [6.07, 6.45) is 9.76. The van der Waals surface area contributed by atoms with E-state index >= 15 is 0 Å². The number of likely N-dealkylation sites (tertiary alicyclic amines) is 1. The first kappa shape index (κ1) is 17.3. The molecule has 2 heteroatoms. The third kappa shape index (κ3) is 3.82. The van der Waals surface area contributed by atoms with Gasteiger partial charge in [-0.25, -0.2) is 0 Å². The minimum Gasteiger partial charge on any atom is -0.315 e. The predicted molar refractivity (Wildman–Crippen MR) is 92.6 cm³/mol. The fourth-order valence-corrected chi connectivity index (χ4v) is 4.81. The van der Waals surface area contributed by atoms with Gasteiger partial charge in [0, 0.05) is 12.1 Å². The third-order valence-electron chi connectivity index (χ3n) is 7.00. The second kappa shape index (κ2) is 7.46. The molecule has 0 aromatic heterocycles. The Bertz CT molecular complexity index is 299. The Balaban J connectivity index is 1.98. The summed E-state index contributed by atoms with van der Waals surface area (Å²) in [6.45, 7) is 12.3. The first-order chi connectivity index (χ1) is 10.0. The van der Waals surface area contributed by atoms with Gasteiger partial charge in [-0.2, -0.15) is 0 Å². The van der Waals surface area contributed by atoms with Crippen LogP contribution in [0.4, 0.5) is 0 Å².